The summed E-state index contributed by atoms with van der Waals surface area (Å²) in [7, 11) is 0. The summed E-state index contributed by atoms with van der Waals surface area (Å²) in [6, 6.07) is 18.8. The van der Waals surface area contributed by atoms with Crippen molar-refractivity contribution in [3.8, 4) is 12.3 Å². The highest BCUT2D eigenvalue weighted by molar-refractivity contribution is 5.81. The molecule has 4 aromatic rings. The molecular formula is C26H23F2N5O3. The summed E-state index contributed by atoms with van der Waals surface area (Å²) in [5, 5.41) is 0. The molecule has 0 saturated carbocycles. The average Bonchev–Trinajstić information content (AvgIpc) is 3.43. The lowest BCUT2D eigenvalue weighted by molar-refractivity contribution is -0.123. The molecule has 0 bridgehead atoms. The molecule has 8 nitrogen and oxygen atoms in total. The second-order valence-electron chi connectivity index (χ2n) is 8.38. The van der Waals surface area contributed by atoms with E-state index in [0.29, 0.717) is 0 Å². The Morgan fingerprint density at radius 2 is 1.72 bits per heavy atom. The van der Waals surface area contributed by atoms with E-state index in [0.717, 1.165) is 11.1 Å². The first-order valence-electron chi connectivity index (χ1n) is 11.2. The van der Waals surface area contributed by atoms with Gasteiger partial charge in [0.1, 0.15) is 6.10 Å². The number of nitrogen functional groups attached to an aromatic ring is 1. The molecule has 2 aromatic heterocycles. The molecule has 0 amide bonds. The number of fused-ring (bicyclic) bond motifs is 1. The Bertz CT molecular complexity index is 1380. The summed E-state index contributed by atoms with van der Waals surface area (Å²) in [6.45, 7) is 0.190. The third kappa shape index (κ3) is 4.52. The van der Waals surface area contributed by atoms with Crippen molar-refractivity contribution in [1.29, 1.82) is 0 Å². The molecule has 1 saturated heterocycles. The van der Waals surface area contributed by atoms with Gasteiger partial charge in [0.05, 0.1) is 26.1 Å². The van der Waals surface area contributed by atoms with Gasteiger partial charge in [0.2, 0.25) is 0 Å². The minimum Gasteiger partial charge on any atom is -0.382 e. The molecule has 2 N–H and O–H groups in total. The molecule has 10 heteroatoms. The van der Waals surface area contributed by atoms with Gasteiger partial charge in [0, 0.05) is 0 Å². The topological polar surface area (TPSA) is 97.3 Å². The Hall–Kier alpha value is -3.91. The zero-order valence-corrected chi connectivity index (χ0v) is 19.1. The number of hydrogen-bond donors (Lipinski definition) is 1. The maximum atomic E-state index is 16.1. The van der Waals surface area contributed by atoms with Gasteiger partial charge >= 0.3 is 6.08 Å². The van der Waals surface area contributed by atoms with Gasteiger partial charge < -0.3 is 19.9 Å². The zero-order valence-electron chi connectivity index (χ0n) is 19.1. The van der Waals surface area contributed by atoms with Crippen molar-refractivity contribution in [2.45, 2.75) is 37.3 Å². The molecule has 1 fully saturated rings. The van der Waals surface area contributed by atoms with E-state index >= 15 is 4.39 Å². The number of anilines is 1. The van der Waals surface area contributed by atoms with E-state index < -0.39 is 30.2 Å². The number of benzene rings is 2. The molecule has 0 spiro atoms. The Kier molecular flexibility index (Phi) is 6.61. The van der Waals surface area contributed by atoms with Crippen LogP contribution in [0.25, 0.3) is 11.2 Å². The van der Waals surface area contributed by atoms with Crippen molar-refractivity contribution in [3.05, 3.63) is 84.2 Å². The standard InChI is InChI=1S/C26H23F2N5O3/c1-2-26(15-34-13-17-9-5-3-6-10-17)21(35-14-18-11-7-4-8-12-18)19(27)24(36-26)33-16-30-20-22(29)31-25(28)32-23(20)33/h1,3-12,16,19,21,24H,13-15H2,(H2,29,31,32). The van der Waals surface area contributed by atoms with E-state index in [1.807, 2.05) is 60.7 Å². The normalized spacial score (nSPS) is 23.6. The molecule has 5 rings (SSSR count). The van der Waals surface area contributed by atoms with Crippen LogP contribution in [-0.4, -0.2) is 44.0 Å². The van der Waals surface area contributed by atoms with Gasteiger partial charge in [-0.1, -0.05) is 66.6 Å². The summed E-state index contributed by atoms with van der Waals surface area (Å²) in [4.78, 5) is 11.3. The molecule has 0 aliphatic carbocycles. The van der Waals surface area contributed by atoms with E-state index in [1.165, 1.54) is 10.9 Å². The van der Waals surface area contributed by atoms with E-state index in [-0.39, 0.29) is 36.8 Å². The molecular weight excluding hydrogens is 468 g/mol. The lowest BCUT2D eigenvalue weighted by Gasteiger charge is -2.29. The Morgan fingerprint density at radius 1 is 1.06 bits per heavy atom. The van der Waals surface area contributed by atoms with Crippen molar-refractivity contribution in [1.82, 2.24) is 19.5 Å². The van der Waals surface area contributed by atoms with Gasteiger partial charge in [0.15, 0.2) is 35.0 Å². The quantitative estimate of drug-likeness (QED) is 0.297. The summed E-state index contributed by atoms with van der Waals surface area (Å²) < 4.78 is 49.2. The Morgan fingerprint density at radius 3 is 2.39 bits per heavy atom. The minimum absolute atomic E-state index is 0.0208. The largest absolute Gasteiger partial charge is 0.382 e. The predicted octanol–water partition coefficient (Wildman–Crippen LogP) is 3.59. The number of nitrogens with zero attached hydrogens (tertiary/aromatic N) is 4. The molecule has 4 atom stereocenters. The number of rotatable bonds is 8. The molecule has 4 unspecified atom stereocenters. The van der Waals surface area contributed by atoms with Gasteiger partial charge in [-0.25, -0.2) is 9.37 Å². The molecule has 36 heavy (non-hydrogen) atoms. The van der Waals surface area contributed by atoms with E-state index in [9.17, 15) is 4.39 Å². The van der Waals surface area contributed by atoms with Gasteiger partial charge in [0.25, 0.3) is 0 Å². The van der Waals surface area contributed by atoms with Crippen LogP contribution in [0.4, 0.5) is 14.6 Å². The fraction of sp³-hybridized carbons (Fsp3) is 0.269. The summed E-state index contributed by atoms with van der Waals surface area (Å²) in [5.41, 5.74) is 6.03. The highest BCUT2D eigenvalue weighted by atomic mass is 19.1. The van der Waals surface area contributed by atoms with Crippen LogP contribution < -0.4 is 5.73 Å². The lowest BCUT2D eigenvalue weighted by Crippen LogP contribution is -2.46. The molecule has 184 valence electrons. The third-order valence-corrected chi connectivity index (χ3v) is 5.99. The number of alkyl halides is 1. The summed E-state index contributed by atoms with van der Waals surface area (Å²) >= 11 is 0. The minimum atomic E-state index is -1.76. The Balaban J connectivity index is 1.45. The van der Waals surface area contributed by atoms with Gasteiger partial charge in [-0.3, -0.25) is 4.57 Å². The monoisotopic (exact) mass is 491 g/mol. The molecule has 3 heterocycles. The summed E-state index contributed by atoms with van der Waals surface area (Å²) in [6.07, 6.45) is 1.82. The van der Waals surface area contributed by atoms with Crippen molar-refractivity contribution in [3.63, 3.8) is 0 Å². The van der Waals surface area contributed by atoms with Gasteiger partial charge in [-0.15, -0.1) is 6.42 Å². The van der Waals surface area contributed by atoms with Crippen LogP contribution in [0, 0.1) is 18.4 Å². The van der Waals surface area contributed by atoms with Crippen LogP contribution in [0.3, 0.4) is 0 Å². The van der Waals surface area contributed by atoms with Crippen molar-refractivity contribution < 1.29 is 23.0 Å². The second-order valence-corrected chi connectivity index (χ2v) is 8.38. The number of hydrogen-bond acceptors (Lipinski definition) is 7. The van der Waals surface area contributed by atoms with E-state index in [1.54, 1.807) is 0 Å². The number of aromatic nitrogens is 4. The molecule has 0 radical (unpaired) electrons. The average molecular weight is 491 g/mol. The van der Waals surface area contributed by atoms with Crippen molar-refractivity contribution in [2.24, 2.45) is 0 Å². The van der Waals surface area contributed by atoms with E-state index in [2.05, 4.69) is 20.9 Å². The SMILES string of the molecule is C#CC1(COCc2ccccc2)OC(n2cnc3c(N)nc(F)nc32)C(F)C1OCc1ccccc1. The van der Waals surface area contributed by atoms with Crippen molar-refractivity contribution >= 4 is 17.0 Å². The first kappa shape index (κ1) is 23.8. The number of ether oxygens (including phenoxy) is 3. The van der Waals surface area contributed by atoms with Crippen LogP contribution in [0.15, 0.2) is 67.0 Å². The van der Waals surface area contributed by atoms with Crippen LogP contribution in [0.1, 0.15) is 17.4 Å². The van der Waals surface area contributed by atoms with Crippen molar-refractivity contribution in [2.75, 3.05) is 12.3 Å². The second kappa shape index (κ2) is 9.99. The van der Waals surface area contributed by atoms with Crippen LogP contribution in [0.2, 0.25) is 0 Å². The fourth-order valence-electron chi connectivity index (χ4n) is 4.22. The Labute approximate surface area is 206 Å². The third-order valence-electron chi connectivity index (χ3n) is 5.99. The fourth-order valence-corrected chi connectivity index (χ4v) is 4.22. The predicted molar refractivity (Wildman–Crippen MR) is 127 cm³/mol. The highest BCUT2D eigenvalue weighted by Crippen LogP contribution is 2.42. The molecule has 1 aliphatic heterocycles. The molecule has 2 aromatic carbocycles. The van der Waals surface area contributed by atoms with Crippen LogP contribution in [0.5, 0.6) is 0 Å². The van der Waals surface area contributed by atoms with Crippen LogP contribution in [-0.2, 0) is 27.4 Å². The van der Waals surface area contributed by atoms with Gasteiger partial charge in [-0.05, 0) is 11.1 Å². The summed E-state index contributed by atoms with van der Waals surface area (Å²) in [5.74, 6) is 2.40. The highest BCUT2D eigenvalue weighted by Gasteiger charge is 2.57. The first-order valence-corrected chi connectivity index (χ1v) is 11.2. The lowest BCUT2D eigenvalue weighted by atomic mass is 9.97. The zero-order chi connectivity index (χ0) is 25.1. The smallest absolute Gasteiger partial charge is 0.312 e. The van der Waals surface area contributed by atoms with Crippen LogP contribution >= 0.6 is 0 Å². The maximum Gasteiger partial charge on any atom is 0.312 e. The number of terminal acetylenes is 1. The van der Waals surface area contributed by atoms with Gasteiger partial charge in [-0.2, -0.15) is 14.4 Å². The number of nitrogens with two attached hydrogens (primary N) is 1. The molecule has 1 aliphatic rings. The maximum absolute atomic E-state index is 16.1. The number of halogens is 2. The number of imidazole rings is 1. The first-order chi connectivity index (χ1) is 17.5. The van der Waals surface area contributed by atoms with E-state index in [4.69, 9.17) is 26.4 Å².